The minimum absolute atomic E-state index is 0.526. The Labute approximate surface area is 117 Å². The summed E-state index contributed by atoms with van der Waals surface area (Å²) >= 11 is 6.06. The van der Waals surface area contributed by atoms with Crippen molar-refractivity contribution in [2.75, 3.05) is 12.4 Å². The van der Waals surface area contributed by atoms with Gasteiger partial charge in [0.2, 0.25) is 0 Å². The van der Waals surface area contributed by atoms with Crippen LogP contribution in [0.2, 0.25) is 5.02 Å². The molecule has 0 aliphatic rings. The van der Waals surface area contributed by atoms with Gasteiger partial charge < -0.3 is 10.1 Å². The van der Waals surface area contributed by atoms with E-state index in [0.717, 1.165) is 16.9 Å². The van der Waals surface area contributed by atoms with E-state index in [4.69, 9.17) is 21.6 Å². The van der Waals surface area contributed by atoms with Crippen molar-refractivity contribution in [1.82, 2.24) is 0 Å². The Morgan fingerprint density at radius 2 is 2.00 bits per heavy atom. The Kier molecular flexibility index (Phi) is 3.94. The van der Waals surface area contributed by atoms with Gasteiger partial charge >= 0.3 is 0 Å². The normalized spacial score (nSPS) is 9.79. The first-order valence-electron chi connectivity index (χ1n) is 5.75. The number of aryl methyl sites for hydroxylation is 1. The van der Waals surface area contributed by atoms with Crippen LogP contribution in [-0.4, -0.2) is 7.11 Å². The molecule has 0 saturated carbocycles. The fourth-order valence-electron chi connectivity index (χ4n) is 1.76. The van der Waals surface area contributed by atoms with Crippen molar-refractivity contribution in [3.05, 3.63) is 52.5 Å². The van der Waals surface area contributed by atoms with Gasteiger partial charge in [0.1, 0.15) is 11.8 Å². The molecule has 0 radical (unpaired) electrons. The molecule has 0 spiro atoms. The van der Waals surface area contributed by atoms with E-state index in [1.165, 1.54) is 0 Å². The minimum Gasteiger partial charge on any atom is -0.495 e. The average Bonchev–Trinajstić information content (AvgIpc) is 2.41. The molecule has 2 rings (SSSR count). The number of methoxy groups -OCH3 is 1. The number of nitrogens with one attached hydrogen (secondary N) is 1. The molecule has 2 aromatic carbocycles. The molecule has 4 heteroatoms. The lowest BCUT2D eigenvalue weighted by Crippen LogP contribution is -1.95. The molecule has 0 fully saturated rings. The van der Waals surface area contributed by atoms with Crippen molar-refractivity contribution in [3.8, 4) is 11.8 Å². The Morgan fingerprint density at radius 1 is 1.21 bits per heavy atom. The van der Waals surface area contributed by atoms with Crippen LogP contribution in [-0.2, 0) is 0 Å². The van der Waals surface area contributed by atoms with Gasteiger partial charge in [-0.15, -0.1) is 0 Å². The van der Waals surface area contributed by atoms with Crippen molar-refractivity contribution in [3.63, 3.8) is 0 Å². The monoisotopic (exact) mass is 272 g/mol. The minimum atomic E-state index is 0.526. The van der Waals surface area contributed by atoms with Crippen LogP contribution >= 0.6 is 11.6 Å². The maximum absolute atomic E-state index is 9.12. The predicted molar refractivity (Wildman–Crippen MR) is 77.2 cm³/mol. The molecule has 19 heavy (non-hydrogen) atoms. The third-order valence-electron chi connectivity index (χ3n) is 2.73. The maximum Gasteiger partial charge on any atom is 0.137 e. The van der Waals surface area contributed by atoms with Crippen LogP contribution in [0.4, 0.5) is 11.4 Å². The largest absolute Gasteiger partial charge is 0.495 e. The quantitative estimate of drug-likeness (QED) is 0.907. The molecule has 0 bridgehead atoms. The summed E-state index contributed by atoms with van der Waals surface area (Å²) in [5.74, 6) is 0.622. The van der Waals surface area contributed by atoms with Gasteiger partial charge in [0.05, 0.1) is 23.4 Å². The van der Waals surface area contributed by atoms with Gasteiger partial charge in [-0.2, -0.15) is 5.26 Å². The van der Waals surface area contributed by atoms with Crippen LogP contribution in [0.5, 0.6) is 5.75 Å². The second-order valence-electron chi connectivity index (χ2n) is 4.14. The zero-order chi connectivity index (χ0) is 13.8. The Bertz CT molecular complexity index is 647. The highest BCUT2D eigenvalue weighted by Crippen LogP contribution is 2.29. The summed E-state index contributed by atoms with van der Waals surface area (Å²) < 4.78 is 5.10. The van der Waals surface area contributed by atoms with E-state index >= 15 is 0 Å². The summed E-state index contributed by atoms with van der Waals surface area (Å²) in [7, 11) is 1.57. The highest BCUT2D eigenvalue weighted by molar-refractivity contribution is 6.32. The van der Waals surface area contributed by atoms with Crippen LogP contribution in [0.25, 0.3) is 0 Å². The zero-order valence-electron chi connectivity index (χ0n) is 10.7. The highest BCUT2D eigenvalue weighted by Gasteiger charge is 2.05. The molecular weight excluding hydrogens is 260 g/mol. The molecule has 0 atom stereocenters. The first-order valence-corrected chi connectivity index (χ1v) is 6.13. The molecule has 0 amide bonds. The van der Waals surface area contributed by atoms with E-state index in [1.807, 2.05) is 31.2 Å². The number of nitrogens with zero attached hydrogens (tertiary/aromatic N) is 1. The number of halogens is 1. The van der Waals surface area contributed by atoms with Crippen LogP contribution in [0, 0.1) is 18.3 Å². The molecule has 0 saturated heterocycles. The SMILES string of the molecule is COc1ccc(Nc2ccc(C)cc2C#N)cc1Cl. The summed E-state index contributed by atoms with van der Waals surface area (Å²) in [4.78, 5) is 0. The standard InChI is InChI=1S/C15H13ClN2O/c1-10-3-5-14(11(7-10)9-17)18-12-4-6-15(19-2)13(16)8-12/h3-8,18H,1-2H3. The van der Waals surface area contributed by atoms with Gasteiger partial charge in [0.15, 0.2) is 0 Å². The molecule has 0 aliphatic heterocycles. The molecule has 96 valence electrons. The third-order valence-corrected chi connectivity index (χ3v) is 3.02. The molecule has 0 aliphatic carbocycles. The number of ether oxygens (including phenoxy) is 1. The van der Waals surface area contributed by atoms with Crippen molar-refractivity contribution in [2.45, 2.75) is 6.92 Å². The Morgan fingerprint density at radius 3 is 2.63 bits per heavy atom. The molecule has 1 N–H and O–H groups in total. The lowest BCUT2D eigenvalue weighted by Gasteiger charge is -2.10. The second kappa shape index (κ2) is 5.64. The van der Waals surface area contributed by atoms with E-state index in [0.29, 0.717) is 16.3 Å². The number of anilines is 2. The van der Waals surface area contributed by atoms with Crippen molar-refractivity contribution < 1.29 is 4.74 Å². The summed E-state index contributed by atoms with van der Waals surface area (Å²) in [5.41, 5.74) is 3.22. The number of nitriles is 1. The molecule has 3 nitrogen and oxygen atoms in total. The summed E-state index contributed by atoms with van der Waals surface area (Å²) in [5, 5.41) is 12.8. The zero-order valence-corrected chi connectivity index (χ0v) is 11.5. The van der Waals surface area contributed by atoms with E-state index in [2.05, 4.69) is 11.4 Å². The number of benzene rings is 2. The smallest absolute Gasteiger partial charge is 0.137 e. The average molecular weight is 273 g/mol. The van der Waals surface area contributed by atoms with Crippen LogP contribution < -0.4 is 10.1 Å². The first-order chi connectivity index (χ1) is 9.13. The molecule has 0 heterocycles. The summed E-state index contributed by atoms with van der Waals surface area (Å²) in [6.45, 7) is 1.95. The van der Waals surface area contributed by atoms with Crippen molar-refractivity contribution in [1.29, 1.82) is 5.26 Å². The Balaban J connectivity index is 2.31. The predicted octanol–water partition coefficient (Wildman–Crippen LogP) is 4.27. The Hall–Kier alpha value is -2.18. The van der Waals surface area contributed by atoms with Crippen LogP contribution in [0.3, 0.4) is 0 Å². The number of hydrogen-bond acceptors (Lipinski definition) is 3. The van der Waals surface area contributed by atoms with Crippen LogP contribution in [0.1, 0.15) is 11.1 Å². The topological polar surface area (TPSA) is 45.0 Å². The maximum atomic E-state index is 9.12. The second-order valence-corrected chi connectivity index (χ2v) is 4.54. The number of rotatable bonds is 3. The molecule has 0 unspecified atom stereocenters. The summed E-state index contributed by atoms with van der Waals surface area (Å²) in [6, 6.07) is 13.2. The fraction of sp³-hybridized carbons (Fsp3) is 0.133. The summed E-state index contributed by atoms with van der Waals surface area (Å²) in [6.07, 6.45) is 0. The van der Waals surface area contributed by atoms with Crippen molar-refractivity contribution in [2.24, 2.45) is 0 Å². The molecule has 2 aromatic rings. The van der Waals surface area contributed by atoms with Gasteiger partial charge in [-0.25, -0.2) is 0 Å². The van der Waals surface area contributed by atoms with Crippen molar-refractivity contribution >= 4 is 23.0 Å². The van der Waals surface area contributed by atoms with E-state index in [1.54, 1.807) is 19.2 Å². The lowest BCUT2D eigenvalue weighted by atomic mass is 10.1. The van der Waals surface area contributed by atoms with Gasteiger partial charge in [-0.3, -0.25) is 0 Å². The third kappa shape index (κ3) is 2.98. The van der Waals surface area contributed by atoms with E-state index in [9.17, 15) is 0 Å². The molecule has 0 aromatic heterocycles. The highest BCUT2D eigenvalue weighted by atomic mass is 35.5. The van der Waals surface area contributed by atoms with E-state index < -0.39 is 0 Å². The number of hydrogen-bond donors (Lipinski definition) is 1. The van der Waals surface area contributed by atoms with Crippen LogP contribution in [0.15, 0.2) is 36.4 Å². The van der Waals surface area contributed by atoms with Gasteiger partial charge in [0.25, 0.3) is 0 Å². The lowest BCUT2D eigenvalue weighted by molar-refractivity contribution is 0.415. The first kappa shape index (κ1) is 13.3. The fourth-order valence-corrected chi connectivity index (χ4v) is 2.02. The van der Waals surface area contributed by atoms with E-state index in [-0.39, 0.29) is 0 Å². The van der Waals surface area contributed by atoms with Gasteiger partial charge in [-0.1, -0.05) is 17.7 Å². The van der Waals surface area contributed by atoms with Gasteiger partial charge in [-0.05, 0) is 42.8 Å². The van der Waals surface area contributed by atoms with Gasteiger partial charge in [0, 0.05) is 5.69 Å². The molecular formula is C15H13ClN2O.